The van der Waals surface area contributed by atoms with Crippen LogP contribution in [0.5, 0.6) is 5.75 Å². The third kappa shape index (κ3) is 3.50. The number of ether oxygens (including phenoxy) is 1. The van der Waals surface area contributed by atoms with E-state index in [-0.39, 0.29) is 5.91 Å². The number of methoxy groups -OCH3 is 1. The lowest BCUT2D eigenvalue weighted by Crippen LogP contribution is -2.23. The van der Waals surface area contributed by atoms with E-state index in [4.69, 9.17) is 4.74 Å². The number of nitrogens with zero attached hydrogens (tertiary/aromatic N) is 2. The molecule has 2 aromatic heterocycles. The quantitative estimate of drug-likeness (QED) is 0.572. The van der Waals surface area contributed by atoms with Gasteiger partial charge >= 0.3 is 0 Å². The highest BCUT2D eigenvalue weighted by Gasteiger charge is 2.14. The van der Waals surface area contributed by atoms with Gasteiger partial charge < -0.3 is 10.1 Å². The van der Waals surface area contributed by atoms with Crippen molar-refractivity contribution in [1.29, 1.82) is 0 Å². The Balaban J connectivity index is 1.54. The van der Waals surface area contributed by atoms with Gasteiger partial charge in [0.05, 0.1) is 12.6 Å². The summed E-state index contributed by atoms with van der Waals surface area (Å²) in [5.41, 5.74) is 4.26. The molecule has 0 saturated carbocycles. The van der Waals surface area contributed by atoms with Crippen LogP contribution in [0.25, 0.3) is 22.0 Å². The molecule has 1 amide bonds. The third-order valence-electron chi connectivity index (χ3n) is 4.38. The molecule has 0 aliphatic carbocycles. The zero-order valence-corrected chi connectivity index (χ0v) is 14.8. The van der Waals surface area contributed by atoms with Crippen molar-refractivity contribution in [3.63, 3.8) is 0 Å². The van der Waals surface area contributed by atoms with Gasteiger partial charge in [0.25, 0.3) is 5.91 Å². The van der Waals surface area contributed by atoms with Gasteiger partial charge in [-0.05, 0) is 53.1 Å². The van der Waals surface area contributed by atoms with Gasteiger partial charge in [-0.25, -0.2) is 0 Å². The number of amides is 1. The number of aromatic amines is 1. The molecule has 2 aromatic carbocycles. The molecule has 0 radical (unpaired) electrons. The molecule has 0 aliphatic rings. The highest BCUT2D eigenvalue weighted by Crippen LogP contribution is 2.24. The standard InChI is InChI=1S/C21H18N4O2/c1-27-17-4-2-3-14(11-17)13-23-21(26)20-18-6-5-16(12-19(18)24-25-20)15-7-9-22-10-8-15/h2-12H,13H2,1H3,(H,23,26)(H,24,25). The lowest BCUT2D eigenvalue weighted by Gasteiger charge is -2.06. The Morgan fingerprint density at radius 1 is 1.07 bits per heavy atom. The summed E-state index contributed by atoms with van der Waals surface area (Å²) in [5.74, 6) is 0.538. The predicted octanol–water partition coefficient (Wildman–Crippen LogP) is 3.56. The molecule has 4 aromatic rings. The second-order valence-corrected chi connectivity index (χ2v) is 6.10. The van der Waals surface area contributed by atoms with Gasteiger partial charge in [0.15, 0.2) is 5.69 Å². The van der Waals surface area contributed by atoms with E-state index < -0.39 is 0 Å². The number of hydrogen-bond donors (Lipinski definition) is 2. The van der Waals surface area contributed by atoms with E-state index in [0.29, 0.717) is 12.2 Å². The molecular weight excluding hydrogens is 340 g/mol. The first-order valence-electron chi connectivity index (χ1n) is 8.54. The summed E-state index contributed by atoms with van der Waals surface area (Å²) in [5, 5.41) is 10.8. The number of aromatic nitrogens is 3. The average molecular weight is 358 g/mol. The normalized spacial score (nSPS) is 10.7. The molecule has 2 N–H and O–H groups in total. The Morgan fingerprint density at radius 3 is 2.74 bits per heavy atom. The Labute approximate surface area is 156 Å². The van der Waals surface area contributed by atoms with Crippen molar-refractivity contribution in [2.75, 3.05) is 7.11 Å². The van der Waals surface area contributed by atoms with E-state index in [1.165, 1.54) is 0 Å². The molecule has 27 heavy (non-hydrogen) atoms. The molecule has 0 unspecified atom stereocenters. The van der Waals surface area contributed by atoms with E-state index in [2.05, 4.69) is 20.5 Å². The highest BCUT2D eigenvalue weighted by atomic mass is 16.5. The minimum absolute atomic E-state index is 0.222. The zero-order valence-electron chi connectivity index (χ0n) is 14.8. The highest BCUT2D eigenvalue weighted by molar-refractivity contribution is 6.05. The molecule has 0 fully saturated rings. The number of hydrogen-bond acceptors (Lipinski definition) is 4. The fourth-order valence-corrected chi connectivity index (χ4v) is 2.97. The Morgan fingerprint density at radius 2 is 1.93 bits per heavy atom. The molecule has 0 bridgehead atoms. The summed E-state index contributed by atoms with van der Waals surface area (Å²) in [6.45, 7) is 0.402. The van der Waals surface area contributed by atoms with Gasteiger partial charge in [0.1, 0.15) is 5.75 Å². The van der Waals surface area contributed by atoms with Crippen molar-refractivity contribution >= 4 is 16.8 Å². The van der Waals surface area contributed by atoms with Gasteiger partial charge in [0, 0.05) is 24.3 Å². The lowest BCUT2D eigenvalue weighted by molar-refractivity contribution is 0.0947. The number of benzene rings is 2. The van der Waals surface area contributed by atoms with E-state index in [9.17, 15) is 4.79 Å². The lowest BCUT2D eigenvalue weighted by atomic mass is 10.0. The first kappa shape index (κ1) is 16.8. The second-order valence-electron chi connectivity index (χ2n) is 6.10. The number of pyridine rings is 1. The van der Waals surface area contributed by atoms with Gasteiger partial charge in [-0.2, -0.15) is 5.10 Å². The van der Waals surface area contributed by atoms with Crippen LogP contribution >= 0.6 is 0 Å². The van der Waals surface area contributed by atoms with Crippen molar-refractivity contribution in [3.05, 3.63) is 78.2 Å². The SMILES string of the molecule is COc1cccc(CNC(=O)c2n[nH]c3cc(-c4ccncc4)ccc23)c1. The molecule has 6 nitrogen and oxygen atoms in total. The van der Waals surface area contributed by atoms with E-state index in [0.717, 1.165) is 33.3 Å². The number of carbonyl (C=O) groups excluding carboxylic acids is 1. The molecule has 4 rings (SSSR count). The number of nitrogens with one attached hydrogen (secondary N) is 2. The molecule has 0 saturated heterocycles. The van der Waals surface area contributed by atoms with Crippen molar-refractivity contribution < 1.29 is 9.53 Å². The molecule has 0 aliphatic heterocycles. The topological polar surface area (TPSA) is 79.9 Å². The molecular formula is C21H18N4O2. The van der Waals surface area contributed by atoms with Crippen LogP contribution in [0.1, 0.15) is 16.1 Å². The van der Waals surface area contributed by atoms with E-state index in [1.54, 1.807) is 19.5 Å². The minimum atomic E-state index is -0.222. The van der Waals surface area contributed by atoms with E-state index >= 15 is 0 Å². The van der Waals surface area contributed by atoms with Crippen LogP contribution in [0.15, 0.2) is 67.0 Å². The van der Waals surface area contributed by atoms with Crippen molar-refractivity contribution in [2.45, 2.75) is 6.54 Å². The number of rotatable bonds is 5. The third-order valence-corrected chi connectivity index (χ3v) is 4.38. The maximum atomic E-state index is 12.6. The largest absolute Gasteiger partial charge is 0.497 e. The minimum Gasteiger partial charge on any atom is -0.497 e. The van der Waals surface area contributed by atoms with Gasteiger partial charge in [-0.15, -0.1) is 0 Å². The van der Waals surface area contributed by atoms with Gasteiger partial charge in [-0.3, -0.25) is 14.9 Å². The van der Waals surface area contributed by atoms with Crippen LogP contribution in [-0.4, -0.2) is 28.2 Å². The number of fused-ring (bicyclic) bond motifs is 1. The first-order valence-corrected chi connectivity index (χ1v) is 8.54. The van der Waals surface area contributed by atoms with Gasteiger partial charge in [0.2, 0.25) is 0 Å². The Bertz CT molecular complexity index is 1090. The van der Waals surface area contributed by atoms with Crippen LogP contribution in [0.4, 0.5) is 0 Å². The fourth-order valence-electron chi connectivity index (χ4n) is 2.97. The van der Waals surface area contributed by atoms with Crippen LogP contribution in [0.3, 0.4) is 0 Å². The van der Waals surface area contributed by atoms with Crippen LogP contribution < -0.4 is 10.1 Å². The van der Waals surface area contributed by atoms with Crippen LogP contribution in [0.2, 0.25) is 0 Å². The van der Waals surface area contributed by atoms with Crippen LogP contribution in [0, 0.1) is 0 Å². The van der Waals surface area contributed by atoms with E-state index in [1.807, 2.05) is 54.6 Å². The summed E-state index contributed by atoms with van der Waals surface area (Å²) >= 11 is 0. The molecule has 0 atom stereocenters. The molecule has 134 valence electrons. The molecule has 2 heterocycles. The summed E-state index contributed by atoms with van der Waals surface area (Å²) in [6, 6.07) is 17.4. The van der Waals surface area contributed by atoms with Gasteiger partial charge in [-0.1, -0.05) is 18.2 Å². The van der Waals surface area contributed by atoms with Crippen molar-refractivity contribution in [3.8, 4) is 16.9 Å². The number of carbonyl (C=O) groups is 1. The second kappa shape index (κ2) is 7.29. The monoisotopic (exact) mass is 358 g/mol. The summed E-state index contributed by atoms with van der Waals surface area (Å²) < 4.78 is 5.21. The fraction of sp³-hybridized carbons (Fsp3) is 0.0952. The summed E-state index contributed by atoms with van der Waals surface area (Å²) in [7, 11) is 1.62. The van der Waals surface area contributed by atoms with Crippen LogP contribution in [-0.2, 0) is 6.54 Å². The maximum absolute atomic E-state index is 12.6. The Hall–Kier alpha value is -3.67. The number of H-pyrrole nitrogens is 1. The maximum Gasteiger partial charge on any atom is 0.272 e. The van der Waals surface area contributed by atoms with Crippen molar-refractivity contribution in [2.24, 2.45) is 0 Å². The molecule has 6 heteroatoms. The first-order chi connectivity index (χ1) is 13.2. The van der Waals surface area contributed by atoms with Crippen molar-refractivity contribution in [1.82, 2.24) is 20.5 Å². The zero-order chi connectivity index (χ0) is 18.6. The summed E-state index contributed by atoms with van der Waals surface area (Å²) in [6.07, 6.45) is 3.51. The predicted molar refractivity (Wildman–Crippen MR) is 103 cm³/mol. The molecule has 0 spiro atoms. The average Bonchev–Trinajstić information content (AvgIpc) is 3.16. The smallest absolute Gasteiger partial charge is 0.272 e. The summed E-state index contributed by atoms with van der Waals surface area (Å²) in [4.78, 5) is 16.6. The Kier molecular flexibility index (Phi) is 4.53.